The predicted octanol–water partition coefficient (Wildman–Crippen LogP) is 5.09. The molecule has 3 aromatic carbocycles. The first-order valence-corrected chi connectivity index (χ1v) is 12.6. The van der Waals surface area contributed by atoms with Crippen LogP contribution in [0.2, 0.25) is 0 Å². The molecule has 0 spiro atoms. The Hall–Kier alpha value is -5.03. The molecule has 0 radical (unpaired) electrons. The van der Waals surface area contributed by atoms with Gasteiger partial charge in [0, 0.05) is 29.2 Å². The number of anilines is 1. The summed E-state index contributed by atoms with van der Waals surface area (Å²) < 4.78 is 0. The molecule has 184 valence electrons. The molecule has 38 heavy (non-hydrogen) atoms. The van der Waals surface area contributed by atoms with Crippen LogP contribution in [0.3, 0.4) is 0 Å². The zero-order chi connectivity index (χ0) is 25.7. The Morgan fingerprint density at radius 2 is 1.63 bits per heavy atom. The van der Waals surface area contributed by atoms with Crippen LogP contribution in [0.1, 0.15) is 41.5 Å². The summed E-state index contributed by atoms with van der Waals surface area (Å²) in [6, 6.07) is 26.4. The predicted molar refractivity (Wildman–Crippen MR) is 142 cm³/mol. The van der Waals surface area contributed by atoms with Gasteiger partial charge in [-0.2, -0.15) is 15.3 Å². The average molecular weight is 498 g/mol. The van der Waals surface area contributed by atoms with Crippen LogP contribution in [0, 0.1) is 11.3 Å². The van der Waals surface area contributed by atoms with Crippen LogP contribution in [-0.2, 0) is 15.6 Å². The third-order valence-corrected chi connectivity index (χ3v) is 8.18. The molecule has 0 saturated carbocycles. The van der Waals surface area contributed by atoms with Gasteiger partial charge < -0.3 is 0 Å². The van der Waals surface area contributed by atoms with Gasteiger partial charge in [-0.1, -0.05) is 66.7 Å². The van der Waals surface area contributed by atoms with E-state index in [4.69, 9.17) is 0 Å². The number of hydrogen-bond donors (Lipinski definition) is 3. The molecule has 8 heteroatoms. The number of aromatic nitrogens is 5. The topological polar surface area (TPSA) is 123 Å². The van der Waals surface area contributed by atoms with E-state index in [1.807, 2.05) is 66.9 Å². The van der Waals surface area contributed by atoms with Gasteiger partial charge in [-0.05, 0) is 46.7 Å². The highest BCUT2D eigenvalue weighted by Crippen LogP contribution is 2.60. The van der Waals surface area contributed by atoms with Gasteiger partial charge >= 0.3 is 0 Å². The van der Waals surface area contributed by atoms with Gasteiger partial charge in [0.15, 0.2) is 5.82 Å². The summed E-state index contributed by atoms with van der Waals surface area (Å²) in [5, 5.41) is 26.9. The van der Waals surface area contributed by atoms with E-state index in [0.717, 1.165) is 45.4 Å². The normalized spacial score (nSPS) is 20.8. The van der Waals surface area contributed by atoms with E-state index in [-0.39, 0.29) is 11.9 Å². The highest BCUT2D eigenvalue weighted by Gasteiger charge is 2.58. The lowest BCUT2D eigenvalue weighted by Gasteiger charge is -2.53. The molecule has 0 saturated heterocycles. The molecule has 1 amide bonds. The molecule has 0 unspecified atom stereocenters. The maximum Gasteiger partial charge on any atom is 0.249 e. The molecule has 3 aliphatic carbocycles. The van der Waals surface area contributed by atoms with Crippen molar-refractivity contribution in [2.75, 3.05) is 5.32 Å². The van der Waals surface area contributed by atoms with Crippen LogP contribution in [0.25, 0.3) is 22.5 Å². The minimum Gasteiger partial charge on any atom is -0.292 e. The first-order chi connectivity index (χ1) is 18.7. The van der Waals surface area contributed by atoms with E-state index in [9.17, 15) is 10.1 Å². The van der Waals surface area contributed by atoms with E-state index >= 15 is 0 Å². The Kier molecular flexibility index (Phi) is 4.82. The summed E-state index contributed by atoms with van der Waals surface area (Å²) in [5.74, 6) is 0.618. The zero-order valence-electron chi connectivity index (χ0n) is 20.4. The lowest BCUT2D eigenvalue weighted by atomic mass is 9.48. The van der Waals surface area contributed by atoms with Gasteiger partial charge in [-0.3, -0.25) is 20.3 Å². The largest absolute Gasteiger partial charge is 0.292 e. The van der Waals surface area contributed by atoms with E-state index < -0.39 is 10.8 Å². The highest BCUT2D eigenvalue weighted by atomic mass is 16.2. The standard InChI is InChI=1S/C30H23N7O/c31-15-14-29-12-13-30(24-10-3-1-8-22(24)29,25-11-4-2-9-23(25)29)27(38)35-28-34-26(36-37-28)20-7-5-6-19(16-20)21-17-32-33-18-21/h1-11,16-18H,12-14H2,(H,32,33)(H2,34,35,36,37,38). The molecule has 8 rings (SSSR count). The third-order valence-electron chi connectivity index (χ3n) is 8.18. The number of nitriles is 1. The summed E-state index contributed by atoms with van der Waals surface area (Å²) in [6.07, 6.45) is 5.31. The van der Waals surface area contributed by atoms with Crippen LogP contribution >= 0.6 is 0 Å². The molecule has 3 aliphatic rings. The molecule has 0 aliphatic heterocycles. The Morgan fingerprint density at radius 3 is 2.32 bits per heavy atom. The van der Waals surface area contributed by atoms with Crippen molar-refractivity contribution in [1.82, 2.24) is 25.4 Å². The number of carbonyl (C=O) groups is 1. The molecular formula is C30H23N7O. The van der Waals surface area contributed by atoms with Gasteiger partial charge in [-0.25, -0.2) is 0 Å². The lowest BCUT2D eigenvalue weighted by Crippen LogP contribution is -2.54. The molecule has 5 aromatic rings. The number of benzene rings is 3. The van der Waals surface area contributed by atoms with Crippen molar-refractivity contribution in [3.8, 4) is 28.6 Å². The van der Waals surface area contributed by atoms with Crippen LogP contribution in [0.5, 0.6) is 0 Å². The second-order valence-corrected chi connectivity index (χ2v) is 9.94. The van der Waals surface area contributed by atoms with E-state index in [1.165, 1.54) is 0 Å². The summed E-state index contributed by atoms with van der Waals surface area (Å²) in [7, 11) is 0. The summed E-state index contributed by atoms with van der Waals surface area (Å²) in [5.41, 5.74) is 5.58. The van der Waals surface area contributed by atoms with Crippen molar-refractivity contribution in [2.24, 2.45) is 0 Å². The quantitative estimate of drug-likeness (QED) is 0.312. The van der Waals surface area contributed by atoms with E-state index in [2.05, 4.69) is 48.9 Å². The molecule has 0 atom stereocenters. The fourth-order valence-corrected chi connectivity index (χ4v) is 6.46. The number of nitrogens with zero attached hydrogens (tertiary/aromatic N) is 4. The van der Waals surface area contributed by atoms with Gasteiger partial charge in [-0.15, -0.1) is 5.10 Å². The van der Waals surface area contributed by atoms with Gasteiger partial charge in [0.1, 0.15) is 0 Å². The van der Waals surface area contributed by atoms with Gasteiger partial charge in [0.05, 0.1) is 17.7 Å². The monoisotopic (exact) mass is 497 g/mol. The maximum atomic E-state index is 14.2. The van der Waals surface area contributed by atoms with Crippen molar-refractivity contribution in [3.63, 3.8) is 0 Å². The third kappa shape index (κ3) is 3.02. The molecular weight excluding hydrogens is 474 g/mol. The first-order valence-electron chi connectivity index (χ1n) is 12.6. The van der Waals surface area contributed by atoms with Crippen molar-refractivity contribution < 1.29 is 4.79 Å². The Balaban J connectivity index is 1.26. The number of rotatable bonds is 5. The van der Waals surface area contributed by atoms with Crippen molar-refractivity contribution in [2.45, 2.75) is 30.1 Å². The summed E-state index contributed by atoms with van der Waals surface area (Å²) in [6.45, 7) is 0. The zero-order valence-corrected chi connectivity index (χ0v) is 20.4. The van der Waals surface area contributed by atoms with Crippen molar-refractivity contribution in [1.29, 1.82) is 5.26 Å². The minimum absolute atomic E-state index is 0.166. The number of H-pyrrole nitrogens is 2. The number of carbonyl (C=O) groups excluding carboxylic acids is 1. The second kappa shape index (κ2) is 8.25. The van der Waals surface area contributed by atoms with Crippen LogP contribution < -0.4 is 5.32 Å². The molecule has 2 heterocycles. The second-order valence-electron chi connectivity index (χ2n) is 9.94. The van der Waals surface area contributed by atoms with Crippen molar-refractivity contribution in [3.05, 3.63) is 107 Å². The Labute approximate surface area is 218 Å². The molecule has 0 fully saturated rings. The maximum absolute atomic E-state index is 14.2. The Morgan fingerprint density at radius 1 is 0.921 bits per heavy atom. The fraction of sp³-hybridized carbons (Fsp3) is 0.167. The highest BCUT2D eigenvalue weighted by molar-refractivity contribution is 6.03. The smallest absolute Gasteiger partial charge is 0.249 e. The number of aromatic amines is 2. The molecule has 3 N–H and O–H groups in total. The number of hydrogen-bond acceptors (Lipinski definition) is 5. The summed E-state index contributed by atoms with van der Waals surface area (Å²) in [4.78, 5) is 18.8. The molecule has 2 bridgehead atoms. The fourth-order valence-electron chi connectivity index (χ4n) is 6.46. The molecule has 8 nitrogen and oxygen atoms in total. The molecule has 2 aromatic heterocycles. The van der Waals surface area contributed by atoms with Crippen molar-refractivity contribution >= 4 is 11.9 Å². The number of fused-ring (bicyclic) bond motifs is 1. The van der Waals surface area contributed by atoms with Gasteiger partial charge in [0.25, 0.3) is 0 Å². The number of amides is 1. The lowest BCUT2D eigenvalue weighted by molar-refractivity contribution is -0.121. The Bertz CT molecular complexity index is 1680. The van der Waals surface area contributed by atoms with Crippen LogP contribution in [0.15, 0.2) is 85.2 Å². The van der Waals surface area contributed by atoms with Crippen LogP contribution in [0.4, 0.5) is 5.95 Å². The number of nitrogens with one attached hydrogen (secondary N) is 3. The summed E-state index contributed by atoms with van der Waals surface area (Å²) >= 11 is 0. The first kappa shape index (κ1) is 22.2. The van der Waals surface area contributed by atoms with Crippen LogP contribution in [-0.4, -0.2) is 31.3 Å². The SMILES string of the molecule is N#CCC12CCC(C(=O)Nc3n[nH]c(-c4cccc(-c5cn[nH]c5)c4)n3)(c3ccccc31)c1ccccc12. The average Bonchev–Trinajstić information content (AvgIpc) is 3.67. The minimum atomic E-state index is -0.883. The van der Waals surface area contributed by atoms with E-state index in [1.54, 1.807) is 6.20 Å². The van der Waals surface area contributed by atoms with E-state index in [0.29, 0.717) is 18.7 Å². The van der Waals surface area contributed by atoms with Gasteiger partial charge in [0.2, 0.25) is 11.9 Å².